The first-order valence-corrected chi connectivity index (χ1v) is 4.31. The molecule has 2 amide bonds. The van der Waals surface area contributed by atoms with Crippen LogP contribution >= 0.6 is 0 Å². The smallest absolute Gasteiger partial charge is 0.309 e. The van der Waals surface area contributed by atoms with Gasteiger partial charge in [-0.15, -0.1) is 0 Å². The van der Waals surface area contributed by atoms with Gasteiger partial charge in [0.1, 0.15) is 0 Å². The molecule has 0 aliphatic carbocycles. The molecule has 0 saturated heterocycles. The molecule has 0 spiro atoms. The molecule has 6 heteroatoms. The van der Waals surface area contributed by atoms with E-state index >= 15 is 0 Å². The molecule has 0 saturated carbocycles. The molecule has 0 aromatic heterocycles. The van der Waals surface area contributed by atoms with Gasteiger partial charge in [-0.1, -0.05) is 0 Å². The molecular formula is C8H16N2O4. The molecule has 0 rings (SSSR count). The average Bonchev–Trinajstić information content (AvgIpc) is 2.14. The van der Waals surface area contributed by atoms with Gasteiger partial charge in [-0.2, -0.15) is 0 Å². The van der Waals surface area contributed by atoms with Crippen LogP contribution in [0.3, 0.4) is 0 Å². The number of nitrogens with one attached hydrogen (secondary N) is 2. The molecule has 0 radical (unpaired) electrons. The fraction of sp³-hybridized carbons (Fsp3) is 0.750. The van der Waals surface area contributed by atoms with Crippen LogP contribution in [-0.4, -0.2) is 49.8 Å². The maximum absolute atomic E-state index is 11.0. The van der Waals surface area contributed by atoms with E-state index in [1.54, 1.807) is 0 Å². The van der Waals surface area contributed by atoms with Gasteiger partial charge < -0.3 is 20.5 Å². The largest absolute Gasteiger partial charge is 0.392 e. The number of ether oxygens (including phenoxy) is 1. The molecule has 3 N–H and O–H groups in total. The molecule has 0 aromatic carbocycles. The zero-order valence-electron chi connectivity index (χ0n) is 8.37. The van der Waals surface area contributed by atoms with Gasteiger partial charge in [0.05, 0.1) is 12.7 Å². The van der Waals surface area contributed by atoms with Crippen molar-refractivity contribution < 1.29 is 19.4 Å². The zero-order valence-corrected chi connectivity index (χ0v) is 8.37. The summed E-state index contributed by atoms with van der Waals surface area (Å²) in [4.78, 5) is 21.9. The van der Waals surface area contributed by atoms with Crippen LogP contribution in [0.2, 0.25) is 0 Å². The summed E-state index contributed by atoms with van der Waals surface area (Å²) < 4.78 is 4.68. The Hall–Kier alpha value is -1.14. The first kappa shape index (κ1) is 12.9. The molecule has 0 aliphatic heterocycles. The summed E-state index contributed by atoms with van der Waals surface area (Å²) in [5.74, 6) is -1.47. The third kappa shape index (κ3) is 6.38. The van der Waals surface area contributed by atoms with Crippen molar-refractivity contribution in [2.45, 2.75) is 13.0 Å². The Morgan fingerprint density at radius 2 is 1.93 bits per heavy atom. The summed E-state index contributed by atoms with van der Waals surface area (Å²) in [7, 11) is 1.50. The predicted octanol–water partition coefficient (Wildman–Crippen LogP) is -1.75. The average molecular weight is 204 g/mol. The highest BCUT2D eigenvalue weighted by molar-refractivity contribution is 6.35. The fourth-order valence-corrected chi connectivity index (χ4v) is 0.668. The summed E-state index contributed by atoms with van der Waals surface area (Å²) in [6, 6.07) is 0. The van der Waals surface area contributed by atoms with Crippen molar-refractivity contribution >= 4 is 11.8 Å². The number of aliphatic hydroxyl groups excluding tert-OH is 1. The Bertz CT molecular complexity index is 194. The third-order valence-corrected chi connectivity index (χ3v) is 1.36. The Kier molecular flexibility index (Phi) is 6.69. The second kappa shape index (κ2) is 7.28. The molecule has 0 bridgehead atoms. The van der Waals surface area contributed by atoms with Crippen LogP contribution in [0.15, 0.2) is 0 Å². The molecule has 1 atom stereocenters. The minimum absolute atomic E-state index is 0.0660. The van der Waals surface area contributed by atoms with Gasteiger partial charge in [-0.05, 0) is 6.92 Å². The van der Waals surface area contributed by atoms with Crippen molar-refractivity contribution in [3.63, 3.8) is 0 Å². The summed E-state index contributed by atoms with van der Waals surface area (Å²) in [6.45, 7) is 2.23. The lowest BCUT2D eigenvalue weighted by Crippen LogP contribution is -2.43. The van der Waals surface area contributed by atoms with E-state index in [2.05, 4.69) is 15.4 Å². The molecule has 6 nitrogen and oxygen atoms in total. The summed E-state index contributed by atoms with van der Waals surface area (Å²) in [5, 5.41) is 13.4. The number of carbonyl (C=O) groups excluding carboxylic acids is 2. The summed E-state index contributed by atoms with van der Waals surface area (Å²) >= 11 is 0. The molecule has 0 fully saturated rings. The van der Waals surface area contributed by atoms with Crippen LogP contribution < -0.4 is 10.6 Å². The van der Waals surface area contributed by atoms with E-state index in [0.29, 0.717) is 6.61 Å². The molecule has 14 heavy (non-hydrogen) atoms. The second-order valence-electron chi connectivity index (χ2n) is 2.81. The lowest BCUT2D eigenvalue weighted by Gasteiger charge is -2.07. The number of methoxy groups -OCH3 is 1. The molecule has 0 heterocycles. The third-order valence-electron chi connectivity index (χ3n) is 1.36. The van der Waals surface area contributed by atoms with Gasteiger partial charge in [0.15, 0.2) is 0 Å². The van der Waals surface area contributed by atoms with Crippen LogP contribution in [-0.2, 0) is 14.3 Å². The topological polar surface area (TPSA) is 87.7 Å². The number of hydrogen-bond acceptors (Lipinski definition) is 4. The SMILES string of the molecule is COCCNC(=O)C(=O)NC[C@H](C)O. The van der Waals surface area contributed by atoms with Crippen molar-refractivity contribution in [1.29, 1.82) is 0 Å². The Morgan fingerprint density at radius 1 is 1.36 bits per heavy atom. The number of carbonyl (C=O) groups is 2. The first-order valence-electron chi connectivity index (χ1n) is 4.31. The Labute approximate surface area is 82.6 Å². The van der Waals surface area contributed by atoms with E-state index in [1.807, 2.05) is 0 Å². The van der Waals surface area contributed by atoms with Crippen molar-refractivity contribution in [1.82, 2.24) is 10.6 Å². The standard InChI is InChI=1S/C8H16N2O4/c1-6(11)5-10-8(13)7(12)9-3-4-14-2/h6,11H,3-5H2,1-2H3,(H,9,12)(H,10,13)/t6-/m0/s1. The van der Waals surface area contributed by atoms with Crippen molar-refractivity contribution in [2.24, 2.45) is 0 Å². The first-order chi connectivity index (χ1) is 6.57. The number of aliphatic hydroxyl groups is 1. The van der Waals surface area contributed by atoms with Gasteiger partial charge in [0, 0.05) is 20.2 Å². The zero-order chi connectivity index (χ0) is 11.0. The van der Waals surface area contributed by atoms with Gasteiger partial charge in [0.25, 0.3) is 0 Å². The lowest BCUT2D eigenvalue weighted by atomic mass is 10.4. The van der Waals surface area contributed by atoms with Crippen molar-refractivity contribution in [3.8, 4) is 0 Å². The summed E-state index contributed by atoms with van der Waals surface area (Å²) in [5.41, 5.74) is 0. The minimum atomic E-state index is -0.748. The molecular weight excluding hydrogens is 188 g/mol. The van der Waals surface area contributed by atoms with E-state index in [-0.39, 0.29) is 13.1 Å². The highest BCUT2D eigenvalue weighted by atomic mass is 16.5. The van der Waals surface area contributed by atoms with E-state index in [1.165, 1.54) is 14.0 Å². The van der Waals surface area contributed by atoms with Gasteiger partial charge in [0.2, 0.25) is 0 Å². The molecule has 0 unspecified atom stereocenters. The molecule has 0 aromatic rings. The number of amides is 2. The predicted molar refractivity (Wildman–Crippen MR) is 49.6 cm³/mol. The van der Waals surface area contributed by atoms with Crippen LogP contribution in [0.5, 0.6) is 0 Å². The highest BCUT2D eigenvalue weighted by Crippen LogP contribution is 1.76. The van der Waals surface area contributed by atoms with Gasteiger partial charge in [-0.3, -0.25) is 9.59 Å². The minimum Gasteiger partial charge on any atom is -0.392 e. The lowest BCUT2D eigenvalue weighted by molar-refractivity contribution is -0.139. The molecule has 0 aliphatic rings. The van der Waals surface area contributed by atoms with Crippen LogP contribution in [0.25, 0.3) is 0 Å². The second-order valence-corrected chi connectivity index (χ2v) is 2.81. The van der Waals surface area contributed by atoms with E-state index in [9.17, 15) is 9.59 Å². The van der Waals surface area contributed by atoms with Crippen LogP contribution in [0.1, 0.15) is 6.92 Å². The van der Waals surface area contributed by atoms with Gasteiger partial charge >= 0.3 is 11.8 Å². The van der Waals surface area contributed by atoms with Crippen molar-refractivity contribution in [3.05, 3.63) is 0 Å². The Balaban J connectivity index is 3.60. The fourth-order valence-electron chi connectivity index (χ4n) is 0.668. The highest BCUT2D eigenvalue weighted by Gasteiger charge is 2.12. The maximum atomic E-state index is 11.0. The summed E-state index contributed by atoms with van der Waals surface area (Å²) in [6.07, 6.45) is -0.661. The van der Waals surface area contributed by atoms with Crippen LogP contribution in [0, 0.1) is 0 Å². The van der Waals surface area contributed by atoms with E-state index < -0.39 is 17.9 Å². The maximum Gasteiger partial charge on any atom is 0.309 e. The monoisotopic (exact) mass is 204 g/mol. The van der Waals surface area contributed by atoms with Crippen LogP contribution in [0.4, 0.5) is 0 Å². The quantitative estimate of drug-likeness (QED) is 0.366. The number of hydrogen-bond donors (Lipinski definition) is 3. The van der Waals surface area contributed by atoms with Crippen molar-refractivity contribution in [2.75, 3.05) is 26.8 Å². The van der Waals surface area contributed by atoms with E-state index in [0.717, 1.165) is 0 Å². The Morgan fingerprint density at radius 3 is 2.43 bits per heavy atom. The van der Waals surface area contributed by atoms with Gasteiger partial charge in [-0.25, -0.2) is 0 Å². The number of rotatable bonds is 5. The molecule has 82 valence electrons. The van der Waals surface area contributed by atoms with E-state index in [4.69, 9.17) is 5.11 Å². The normalized spacial score (nSPS) is 11.9.